The van der Waals surface area contributed by atoms with E-state index in [4.69, 9.17) is 39.9 Å². The highest BCUT2D eigenvalue weighted by atomic mass is 35.5. The SMILES string of the molecule is Cc1cc(NC(=O)O)ccc1Cl.Cc1ccc(S(=O)(=O)C(=NO)c2c(Cl)cccc2Cl)cc1. The molecule has 0 bridgehead atoms. The number of sulfone groups is 1. The van der Waals surface area contributed by atoms with E-state index in [-0.39, 0.29) is 20.5 Å². The van der Waals surface area contributed by atoms with Crippen molar-refractivity contribution in [1.29, 1.82) is 0 Å². The summed E-state index contributed by atoms with van der Waals surface area (Å²) in [6.07, 6.45) is -1.07. The molecule has 7 nitrogen and oxygen atoms in total. The summed E-state index contributed by atoms with van der Waals surface area (Å²) < 4.78 is 25.1. The topological polar surface area (TPSA) is 116 Å². The maximum Gasteiger partial charge on any atom is 0.409 e. The minimum atomic E-state index is -4.03. The first-order chi connectivity index (χ1) is 15.5. The predicted octanol–water partition coefficient (Wildman–Crippen LogP) is 6.65. The van der Waals surface area contributed by atoms with Gasteiger partial charge in [-0.1, -0.05) is 63.7 Å². The minimum absolute atomic E-state index is 0.00288. The molecule has 0 aliphatic carbocycles. The molecule has 0 fully saturated rings. The number of oxime groups is 1. The molecule has 3 rings (SSSR count). The summed E-state index contributed by atoms with van der Waals surface area (Å²) in [5.74, 6) is 0. The van der Waals surface area contributed by atoms with Gasteiger partial charge in [0.25, 0.3) is 0 Å². The van der Waals surface area contributed by atoms with Gasteiger partial charge in [-0.2, -0.15) is 0 Å². The maximum absolute atomic E-state index is 12.6. The molecule has 0 atom stereocenters. The molecular formula is C22H19Cl3N2O5S. The molecule has 0 saturated carbocycles. The molecule has 0 heterocycles. The second-order valence-electron chi connectivity index (χ2n) is 6.71. The molecule has 11 heteroatoms. The molecule has 0 radical (unpaired) electrons. The third-order valence-corrected chi connectivity index (χ3v) is 7.00. The van der Waals surface area contributed by atoms with Gasteiger partial charge in [-0.15, -0.1) is 0 Å². The molecule has 0 aliphatic rings. The zero-order valence-corrected chi connectivity index (χ0v) is 20.5. The molecule has 3 aromatic rings. The van der Waals surface area contributed by atoms with Crippen LogP contribution in [0.4, 0.5) is 10.5 Å². The van der Waals surface area contributed by atoms with Crippen molar-refractivity contribution in [3.63, 3.8) is 0 Å². The van der Waals surface area contributed by atoms with Gasteiger partial charge in [-0.3, -0.25) is 5.32 Å². The van der Waals surface area contributed by atoms with Crippen LogP contribution in [0.25, 0.3) is 0 Å². The Kier molecular flexibility index (Phi) is 9.13. The third-order valence-electron chi connectivity index (χ3n) is 4.26. The van der Waals surface area contributed by atoms with E-state index in [1.807, 2.05) is 13.8 Å². The lowest BCUT2D eigenvalue weighted by atomic mass is 10.2. The molecule has 3 aromatic carbocycles. The fraction of sp³-hybridized carbons (Fsp3) is 0.0909. The van der Waals surface area contributed by atoms with Crippen LogP contribution in [-0.2, 0) is 9.84 Å². The Hall–Kier alpha value is -2.78. The highest BCUT2D eigenvalue weighted by molar-refractivity contribution is 8.07. The molecule has 3 N–H and O–H groups in total. The van der Waals surface area contributed by atoms with Crippen molar-refractivity contribution < 1.29 is 23.5 Å². The third kappa shape index (κ3) is 6.85. The largest absolute Gasteiger partial charge is 0.465 e. The summed E-state index contributed by atoms with van der Waals surface area (Å²) in [6.45, 7) is 3.65. The smallest absolute Gasteiger partial charge is 0.409 e. The van der Waals surface area contributed by atoms with E-state index in [1.54, 1.807) is 36.4 Å². The average molecular weight is 530 g/mol. The van der Waals surface area contributed by atoms with Gasteiger partial charge in [0.15, 0.2) is 0 Å². The zero-order valence-electron chi connectivity index (χ0n) is 17.4. The van der Waals surface area contributed by atoms with Crippen molar-refractivity contribution in [2.75, 3.05) is 5.32 Å². The summed E-state index contributed by atoms with van der Waals surface area (Å²) in [4.78, 5) is 10.2. The second kappa shape index (κ2) is 11.4. The van der Waals surface area contributed by atoms with Crippen LogP contribution in [0.5, 0.6) is 0 Å². The van der Waals surface area contributed by atoms with Crippen molar-refractivity contribution in [3.05, 3.63) is 92.4 Å². The van der Waals surface area contributed by atoms with Crippen LogP contribution >= 0.6 is 34.8 Å². The molecule has 0 saturated heterocycles. The lowest BCUT2D eigenvalue weighted by Gasteiger charge is -2.10. The summed E-state index contributed by atoms with van der Waals surface area (Å²) >= 11 is 17.7. The molecule has 33 heavy (non-hydrogen) atoms. The highest BCUT2D eigenvalue weighted by Gasteiger charge is 2.28. The Bertz CT molecular complexity index is 1270. The lowest BCUT2D eigenvalue weighted by molar-refractivity contribution is 0.209. The van der Waals surface area contributed by atoms with Gasteiger partial charge in [0, 0.05) is 10.7 Å². The standard InChI is InChI=1S/C14H11Cl2NO3S.C8H8ClNO2/c1-9-5-7-10(8-6-9)21(19,20)14(17-18)13-11(15)3-2-4-12(13)16;1-5-4-6(10-8(11)12)2-3-7(5)9/h2-8,18H,1H3;2-4,10H,1H3,(H,11,12). The normalized spacial score (nSPS) is 11.4. The molecule has 174 valence electrons. The monoisotopic (exact) mass is 528 g/mol. The van der Waals surface area contributed by atoms with E-state index in [0.717, 1.165) is 11.1 Å². The lowest BCUT2D eigenvalue weighted by Crippen LogP contribution is -2.17. The number of benzene rings is 3. The van der Waals surface area contributed by atoms with E-state index in [1.165, 1.54) is 24.3 Å². The molecule has 0 aliphatic heterocycles. The van der Waals surface area contributed by atoms with Crippen molar-refractivity contribution in [2.45, 2.75) is 18.7 Å². The first-order valence-electron chi connectivity index (χ1n) is 9.21. The van der Waals surface area contributed by atoms with Gasteiger partial charge < -0.3 is 10.3 Å². The van der Waals surface area contributed by atoms with Crippen LogP contribution in [0.3, 0.4) is 0 Å². The first kappa shape index (κ1) is 26.5. The quantitative estimate of drug-likeness (QED) is 0.152. The number of carboxylic acid groups (broad SMARTS) is 1. The number of anilines is 1. The fourth-order valence-electron chi connectivity index (χ4n) is 2.62. The van der Waals surface area contributed by atoms with Crippen LogP contribution in [0, 0.1) is 13.8 Å². The summed E-state index contributed by atoms with van der Waals surface area (Å²) in [6, 6.07) is 15.6. The number of nitrogens with zero attached hydrogens (tertiary/aromatic N) is 1. The summed E-state index contributed by atoms with van der Waals surface area (Å²) in [5.41, 5.74) is 2.27. The van der Waals surface area contributed by atoms with E-state index in [0.29, 0.717) is 10.7 Å². The first-order valence-corrected chi connectivity index (χ1v) is 11.8. The fourth-order valence-corrected chi connectivity index (χ4v) is 4.74. The van der Waals surface area contributed by atoms with Crippen LogP contribution in [0.15, 0.2) is 70.7 Å². The van der Waals surface area contributed by atoms with Gasteiger partial charge in [-0.25, -0.2) is 13.2 Å². The number of nitrogens with one attached hydrogen (secondary N) is 1. The van der Waals surface area contributed by atoms with Crippen LogP contribution in [-0.4, -0.2) is 29.9 Å². The van der Waals surface area contributed by atoms with E-state index >= 15 is 0 Å². The van der Waals surface area contributed by atoms with Crippen molar-refractivity contribution in [1.82, 2.24) is 0 Å². The van der Waals surface area contributed by atoms with Gasteiger partial charge in [0.2, 0.25) is 14.9 Å². The second-order valence-corrected chi connectivity index (χ2v) is 9.80. The number of amides is 1. The number of hydrogen-bond donors (Lipinski definition) is 3. The maximum atomic E-state index is 12.6. The summed E-state index contributed by atoms with van der Waals surface area (Å²) in [5, 5.41) is 22.9. The van der Waals surface area contributed by atoms with Crippen LogP contribution < -0.4 is 5.32 Å². The van der Waals surface area contributed by atoms with Gasteiger partial charge >= 0.3 is 6.09 Å². The summed E-state index contributed by atoms with van der Waals surface area (Å²) in [7, 11) is -4.03. The Balaban J connectivity index is 0.000000273. The minimum Gasteiger partial charge on any atom is -0.465 e. The number of halogens is 3. The molecule has 1 amide bonds. The number of aryl methyl sites for hydroxylation is 2. The average Bonchev–Trinajstić information content (AvgIpc) is 2.74. The van der Waals surface area contributed by atoms with Gasteiger partial charge in [0.1, 0.15) is 0 Å². The van der Waals surface area contributed by atoms with Crippen molar-refractivity contribution >= 4 is 61.5 Å². The predicted molar refractivity (Wildman–Crippen MR) is 131 cm³/mol. The van der Waals surface area contributed by atoms with Crippen LogP contribution in [0.2, 0.25) is 15.1 Å². The Morgan fingerprint density at radius 2 is 1.48 bits per heavy atom. The Labute approximate surface area is 206 Å². The molecule has 0 spiro atoms. The molecule has 0 aromatic heterocycles. The number of hydrogen-bond acceptors (Lipinski definition) is 5. The van der Waals surface area contributed by atoms with E-state index < -0.39 is 21.0 Å². The van der Waals surface area contributed by atoms with Crippen LogP contribution in [0.1, 0.15) is 16.7 Å². The molecular weight excluding hydrogens is 511 g/mol. The van der Waals surface area contributed by atoms with Crippen molar-refractivity contribution in [2.24, 2.45) is 5.16 Å². The van der Waals surface area contributed by atoms with Gasteiger partial charge in [0.05, 0.1) is 20.5 Å². The Morgan fingerprint density at radius 1 is 0.909 bits per heavy atom. The van der Waals surface area contributed by atoms with Gasteiger partial charge in [-0.05, 0) is 61.9 Å². The zero-order chi connectivity index (χ0) is 24.8. The van der Waals surface area contributed by atoms with Crippen molar-refractivity contribution in [3.8, 4) is 0 Å². The van der Waals surface area contributed by atoms with E-state index in [9.17, 15) is 18.4 Å². The number of rotatable bonds is 3. The van der Waals surface area contributed by atoms with E-state index in [2.05, 4.69) is 10.5 Å². The number of carbonyl (C=O) groups is 1. The Morgan fingerprint density at radius 3 is 1.97 bits per heavy atom. The molecule has 0 unspecified atom stereocenters. The highest BCUT2D eigenvalue weighted by Crippen LogP contribution is 2.29.